The number of rotatable bonds is 7. The third-order valence-electron chi connectivity index (χ3n) is 8.26. The highest BCUT2D eigenvalue weighted by Gasteiger charge is 2.55. The minimum absolute atomic E-state index is 0.167. The van der Waals surface area contributed by atoms with Crippen molar-refractivity contribution in [3.05, 3.63) is 76.1 Å². The number of aromatic nitrogens is 2. The Kier molecular flexibility index (Phi) is 6.69. The standard InChI is InChI=1S/C29H33F3N6O2/c1-28(2,32)23-11-19(13-36-9-7-21(30)8-10-36)14-38-24(23)15-37(27(38)39)22-6-4-5-20(12-22)29(16-40-17-29)25(31)26-34-33-18-35(26)3/h4-6,11-12,14-15,18,21,25H,7-10,13,16-17H2,1-3H3/q+1/t25-/m0/s1. The van der Waals surface area contributed by atoms with Crippen LogP contribution in [-0.2, 0) is 22.4 Å². The van der Waals surface area contributed by atoms with E-state index >= 15 is 8.78 Å². The van der Waals surface area contributed by atoms with Crippen molar-refractivity contribution >= 4 is 11.9 Å². The minimum atomic E-state index is -1.71. The van der Waals surface area contributed by atoms with Crippen LogP contribution in [0.25, 0.3) is 11.2 Å². The Morgan fingerprint density at radius 3 is 2.58 bits per heavy atom. The first kappa shape index (κ1) is 26.9. The third kappa shape index (κ3) is 4.58. The predicted octanol–water partition coefficient (Wildman–Crippen LogP) is 4.46. The van der Waals surface area contributed by atoms with Gasteiger partial charge in [0.1, 0.15) is 11.8 Å². The molecule has 1 radical (unpaired) electrons. The van der Waals surface area contributed by atoms with Gasteiger partial charge in [-0.1, -0.05) is 12.1 Å². The van der Waals surface area contributed by atoms with Crippen molar-refractivity contribution in [1.29, 1.82) is 0 Å². The maximum absolute atomic E-state index is 15.9. The van der Waals surface area contributed by atoms with Gasteiger partial charge < -0.3 is 4.74 Å². The lowest BCUT2D eigenvalue weighted by Crippen LogP contribution is -2.56. The molecule has 3 aliphatic heterocycles. The molecule has 40 heavy (non-hydrogen) atoms. The Balaban J connectivity index is 1.39. The molecular weight excluding hydrogens is 521 g/mol. The van der Waals surface area contributed by atoms with Gasteiger partial charge in [0.2, 0.25) is 0 Å². The molecule has 1 atom stereocenters. The molecule has 8 nitrogen and oxygen atoms in total. The summed E-state index contributed by atoms with van der Waals surface area (Å²) in [5, 5.41) is 7.78. The van der Waals surface area contributed by atoms with E-state index in [1.807, 2.05) is 6.07 Å². The van der Waals surface area contributed by atoms with Gasteiger partial charge in [0.05, 0.1) is 42.0 Å². The van der Waals surface area contributed by atoms with E-state index in [9.17, 15) is 9.18 Å². The van der Waals surface area contributed by atoms with Crippen LogP contribution in [0.4, 0.5) is 13.2 Å². The van der Waals surface area contributed by atoms with E-state index < -0.39 is 23.4 Å². The van der Waals surface area contributed by atoms with Gasteiger partial charge in [-0.15, -0.1) is 0 Å². The van der Waals surface area contributed by atoms with E-state index in [1.54, 1.807) is 48.3 Å². The summed E-state index contributed by atoms with van der Waals surface area (Å²) in [6.45, 7) is 5.01. The zero-order valence-electron chi connectivity index (χ0n) is 22.9. The molecule has 3 aromatic rings. The van der Waals surface area contributed by atoms with Gasteiger partial charge in [-0.05, 0) is 61.1 Å². The highest BCUT2D eigenvalue weighted by molar-refractivity contribution is 5.59. The Labute approximate surface area is 230 Å². The second-order valence-electron chi connectivity index (χ2n) is 11.6. The lowest BCUT2D eigenvalue weighted by atomic mass is 9.73. The van der Waals surface area contributed by atoms with Gasteiger partial charge in [-0.3, -0.25) is 13.9 Å². The number of benzene rings is 1. The van der Waals surface area contributed by atoms with Crippen molar-refractivity contribution in [2.24, 2.45) is 10.2 Å². The maximum Gasteiger partial charge on any atom is 0.342 e. The van der Waals surface area contributed by atoms with Gasteiger partial charge in [0, 0.05) is 37.6 Å². The van der Waals surface area contributed by atoms with Crippen LogP contribution in [0.1, 0.15) is 43.4 Å². The van der Waals surface area contributed by atoms with Crippen LogP contribution in [0.5, 0.6) is 0 Å². The number of piperidine rings is 1. The van der Waals surface area contributed by atoms with E-state index in [4.69, 9.17) is 4.74 Å². The summed E-state index contributed by atoms with van der Waals surface area (Å²) < 4.78 is 55.0. The summed E-state index contributed by atoms with van der Waals surface area (Å²) in [6, 6.07) is 8.96. The molecule has 6 rings (SSSR count). The fourth-order valence-electron chi connectivity index (χ4n) is 5.83. The SMILES string of the molecule is C[N+]1=CN=N[C]1[C@H](F)C1(c2cccc(-n3cc4c(C(C)(C)F)cc(CN5CCC(F)CC5)cn4c3=O)c2)COC1. The lowest BCUT2D eigenvalue weighted by molar-refractivity contribution is -0.485. The van der Waals surface area contributed by atoms with Crippen molar-refractivity contribution in [2.45, 2.75) is 56.7 Å². The molecule has 2 saturated heterocycles. The van der Waals surface area contributed by atoms with Gasteiger partial charge in [0.15, 0.2) is 6.17 Å². The molecule has 0 bridgehead atoms. The number of hydrogen-bond donors (Lipinski definition) is 0. The van der Waals surface area contributed by atoms with Crippen LogP contribution in [0.15, 0.2) is 57.7 Å². The summed E-state index contributed by atoms with van der Waals surface area (Å²) in [6.07, 6.45) is 3.73. The number of hydrogen-bond acceptors (Lipinski definition) is 5. The molecule has 211 valence electrons. The van der Waals surface area contributed by atoms with E-state index in [1.165, 1.54) is 29.2 Å². The Hall–Kier alpha value is -3.31. The summed E-state index contributed by atoms with van der Waals surface area (Å²) >= 11 is 0. The van der Waals surface area contributed by atoms with E-state index in [-0.39, 0.29) is 25.1 Å². The van der Waals surface area contributed by atoms with Crippen LogP contribution in [-0.4, -0.2) is 70.5 Å². The van der Waals surface area contributed by atoms with E-state index in [0.29, 0.717) is 54.8 Å². The summed E-state index contributed by atoms with van der Waals surface area (Å²) in [5.74, 6) is 0. The average Bonchev–Trinajstić information content (AvgIpc) is 3.47. The molecule has 11 heteroatoms. The Morgan fingerprint density at radius 1 is 1.20 bits per heavy atom. The van der Waals surface area contributed by atoms with Gasteiger partial charge >= 0.3 is 18.2 Å². The van der Waals surface area contributed by atoms with Crippen LogP contribution in [0, 0.1) is 6.17 Å². The van der Waals surface area contributed by atoms with Gasteiger partial charge in [0.25, 0.3) is 0 Å². The molecule has 0 aliphatic carbocycles. The number of pyridine rings is 1. The Bertz CT molecular complexity index is 1540. The molecule has 5 heterocycles. The van der Waals surface area contributed by atoms with Crippen molar-refractivity contribution in [3.8, 4) is 5.69 Å². The van der Waals surface area contributed by atoms with Crippen LogP contribution < -0.4 is 5.69 Å². The third-order valence-corrected chi connectivity index (χ3v) is 8.26. The fraction of sp³-hybridized carbons (Fsp3) is 0.483. The highest BCUT2D eigenvalue weighted by atomic mass is 19.1. The van der Waals surface area contributed by atoms with Crippen LogP contribution >= 0.6 is 0 Å². The smallest absolute Gasteiger partial charge is 0.342 e. The monoisotopic (exact) mass is 554 g/mol. The normalized spacial score (nSPS) is 21.1. The topological polar surface area (TPSA) is 66.6 Å². The number of likely N-dealkylation sites (tertiary alicyclic amines) is 1. The largest absolute Gasteiger partial charge is 0.379 e. The predicted molar refractivity (Wildman–Crippen MR) is 144 cm³/mol. The van der Waals surface area contributed by atoms with E-state index in [2.05, 4.69) is 15.1 Å². The van der Waals surface area contributed by atoms with Crippen molar-refractivity contribution in [2.75, 3.05) is 33.4 Å². The lowest BCUT2D eigenvalue weighted by Gasteiger charge is -2.44. The van der Waals surface area contributed by atoms with Gasteiger partial charge in [-0.2, -0.15) is 0 Å². The molecule has 0 unspecified atom stereocenters. The molecule has 1 aromatic carbocycles. The number of fused-ring (bicyclic) bond motifs is 1. The fourth-order valence-corrected chi connectivity index (χ4v) is 5.83. The van der Waals surface area contributed by atoms with Gasteiger partial charge in [-0.25, -0.2) is 22.5 Å². The van der Waals surface area contributed by atoms with Crippen LogP contribution in [0.2, 0.25) is 0 Å². The number of ether oxygens (including phenoxy) is 1. The molecule has 0 saturated carbocycles. The zero-order chi connectivity index (χ0) is 28.2. The second kappa shape index (κ2) is 9.95. The highest BCUT2D eigenvalue weighted by Crippen LogP contribution is 2.43. The number of imidazole rings is 1. The first-order valence-electron chi connectivity index (χ1n) is 13.6. The van der Waals surface area contributed by atoms with Crippen molar-refractivity contribution in [3.63, 3.8) is 0 Å². The summed E-state index contributed by atoms with van der Waals surface area (Å²) in [4.78, 5) is 15.9. The number of alkyl halides is 3. The van der Waals surface area contributed by atoms with E-state index in [0.717, 1.165) is 5.56 Å². The number of nitrogens with zero attached hydrogens (tertiary/aromatic N) is 6. The summed E-state index contributed by atoms with van der Waals surface area (Å²) in [7, 11) is 1.69. The second-order valence-corrected chi connectivity index (χ2v) is 11.6. The summed E-state index contributed by atoms with van der Waals surface area (Å²) in [5.41, 5.74) is -0.177. The van der Waals surface area contributed by atoms with Crippen molar-refractivity contribution in [1.82, 2.24) is 13.9 Å². The first-order valence-corrected chi connectivity index (χ1v) is 13.6. The van der Waals surface area contributed by atoms with Crippen LogP contribution in [0.3, 0.4) is 0 Å². The zero-order valence-corrected chi connectivity index (χ0v) is 22.9. The molecule has 3 aliphatic rings. The molecule has 0 N–H and O–H groups in total. The van der Waals surface area contributed by atoms with Crippen molar-refractivity contribution < 1.29 is 22.5 Å². The maximum atomic E-state index is 15.9. The number of halogens is 3. The average molecular weight is 555 g/mol. The molecular formula is C29H33F3N6O2+. The molecule has 2 fully saturated rings. The molecule has 0 spiro atoms. The molecule has 2 aromatic heterocycles. The Morgan fingerprint density at radius 2 is 1.95 bits per heavy atom. The quantitative estimate of drug-likeness (QED) is 0.405. The molecule has 0 amide bonds. The minimum Gasteiger partial charge on any atom is -0.379 e. The number of azo groups is 1. The first-order chi connectivity index (χ1) is 19.1.